The lowest BCUT2D eigenvalue weighted by molar-refractivity contribution is 0.186. The number of rotatable bonds is 2. The molecule has 0 saturated carbocycles. The summed E-state index contributed by atoms with van der Waals surface area (Å²) >= 11 is 13.7. The normalized spacial score (nSPS) is 15.7. The fourth-order valence-electron chi connectivity index (χ4n) is 2.61. The third-order valence-corrected chi connectivity index (χ3v) is 5.66. The highest BCUT2D eigenvalue weighted by molar-refractivity contribution is 7.10. The molecule has 1 fully saturated rings. The van der Waals surface area contributed by atoms with E-state index in [9.17, 15) is 4.79 Å². The van der Waals surface area contributed by atoms with Gasteiger partial charge in [0.2, 0.25) is 0 Å². The number of nitrogens with one attached hydrogen (secondary N) is 1. The van der Waals surface area contributed by atoms with Gasteiger partial charge in [-0.3, -0.25) is 0 Å². The van der Waals surface area contributed by atoms with E-state index in [1.807, 2.05) is 29.2 Å². The van der Waals surface area contributed by atoms with Gasteiger partial charge in [0, 0.05) is 23.7 Å². The maximum Gasteiger partial charge on any atom is 0.321 e. The van der Waals surface area contributed by atoms with Gasteiger partial charge in [-0.25, -0.2) is 4.79 Å². The number of anilines is 1. The Morgan fingerprint density at radius 1 is 1.30 bits per heavy atom. The molecule has 0 unspecified atom stereocenters. The third-order valence-electron chi connectivity index (χ3n) is 4.07. The van der Waals surface area contributed by atoms with Gasteiger partial charge in [-0.05, 0) is 36.4 Å². The van der Waals surface area contributed by atoms with Gasteiger partial charge in [0.15, 0.2) is 5.15 Å². The summed E-state index contributed by atoms with van der Waals surface area (Å²) in [6.07, 6.45) is 2.06. The summed E-state index contributed by atoms with van der Waals surface area (Å²) in [5, 5.41) is 3.82. The molecular formula is C16H17Cl2N3OS. The van der Waals surface area contributed by atoms with Crippen LogP contribution in [0.2, 0.25) is 10.2 Å². The van der Waals surface area contributed by atoms with Crippen LogP contribution in [0.1, 0.15) is 19.8 Å². The highest BCUT2D eigenvalue weighted by Gasteiger charge is 2.23. The Kier molecular flexibility index (Phi) is 5.09. The van der Waals surface area contributed by atoms with E-state index in [1.165, 1.54) is 11.5 Å². The van der Waals surface area contributed by atoms with Crippen LogP contribution in [0, 0.1) is 5.92 Å². The molecule has 2 heterocycles. The summed E-state index contributed by atoms with van der Waals surface area (Å²) in [6, 6.07) is 7.33. The highest BCUT2D eigenvalue weighted by atomic mass is 35.5. The number of halogens is 2. The standard InChI is InChI=1S/C16H17Cl2N3OS/c1-10-6-8-21(9-7-10)16(22)19-13-14(23-20-15(13)18)11-4-2-3-5-12(11)17/h2-5,10H,6-9H2,1H3,(H,19,22). The lowest BCUT2D eigenvalue weighted by Gasteiger charge is -2.30. The fourth-order valence-corrected chi connectivity index (χ4v) is 3.97. The van der Waals surface area contributed by atoms with Gasteiger partial charge in [0.1, 0.15) is 5.69 Å². The number of carbonyl (C=O) groups excluding carboxylic acids is 1. The Morgan fingerprint density at radius 3 is 2.70 bits per heavy atom. The zero-order valence-corrected chi connectivity index (χ0v) is 15.0. The SMILES string of the molecule is CC1CCN(C(=O)Nc2c(Cl)nsc2-c2ccccc2Cl)CC1. The second-order valence-corrected chi connectivity index (χ2v) is 7.30. The zero-order valence-electron chi connectivity index (χ0n) is 12.7. The largest absolute Gasteiger partial charge is 0.325 e. The monoisotopic (exact) mass is 369 g/mol. The van der Waals surface area contributed by atoms with Crippen LogP contribution < -0.4 is 5.32 Å². The molecule has 1 aromatic carbocycles. The number of piperidine rings is 1. The average Bonchev–Trinajstić information content (AvgIpc) is 2.89. The first-order chi connectivity index (χ1) is 11.1. The van der Waals surface area contributed by atoms with E-state index in [4.69, 9.17) is 23.2 Å². The molecule has 23 heavy (non-hydrogen) atoms. The van der Waals surface area contributed by atoms with Crippen LogP contribution >= 0.6 is 34.7 Å². The van der Waals surface area contributed by atoms with Crippen LogP contribution in [0.3, 0.4) is 0 Å². The fraction of sp³-hybridized carbons (Fsp3) is 0.375. The van der Waals surface area contributed by atoms with Crippen LogP contribution in [0.4, 0.5) is 10.5 Å². The molecule has 1 N–H and O–H groups in total. The minimum Gasteiger partial charge on any atom is -0.325 e. The van der Waals surface area contributed by atoms with Crippen molar-refractivity contribution in [3.05, 3.63) is 34.4 Å². The molecular weight excluding hydrogens is 353 g/mol. The van der Waals surface area contributed by atoms with Crippen molar-refractivity contribution < 1.29 is 4.79 Å². The number of carbonyl (C=O) groups is 1. The average molecular weight is 370 g/mol. The van der Waals surface area contributed by atoms with E-state index < -0.39 is 0 Å². The van der Waals surface area contributed by atoms with Crippen LogP contribution in [-0.4, -0.2) is 28.4 Å². The van der Waals surface area contributed by atoms with Gasteiger partial charge < -0.3 is 10.2 Å². The first-order valence-electron chi connectivity index (χ1n) is 7.52. The minimum absolute atomic E-state index is 0.132. The van der Waals surface area contributed by atoms with Gasteiger partial charge in [0.05, 0.1) is 4.88 Å². The van der Waals surface area contributed by atoms with Gasteiger partial charge in [-0.1, -0.05) is 48.3 Å². The van der Waals surface area contributed by atoms with E-state index in [-0.39, 0.29) is 6.03 Å². The predicted octanol–water partition coefficient (Wildman–Crippen LogP) is 5.38. The molecule has 0 radical (unpaired) electrons. The van der Waals surface area contributed by atoms with E-state index in [0.717, 1.165) is 36.4 Å². The van der Waals surface area contributed by atoms with Crippen molar-refractivity contribution in [2.24, 2.45) is 5.92 Å². The van der Waals surface area contributed by atoms with Gasteiger partial charge in [-0.2, -0.15) is 4.37 Å². The molecule has 0 spiro atoms. The van der Waals surface area contributed by atoms with E-state index >= 15 is 0 Å². The minimum atomic E-state index is -0.132. The van der Waals surface area contributed by atoms with E-state index in [0.29, 0.717) is 21.8 Å². The number of nitrogens with zero attached hydrogens (tertiary/aromatic N) is 2. The first kappa shape index (κ1) is 16.6. The summed E-state index contributed by atoms with van der Waals surface area (Å²) < 4.78 is 4.16. The highest BCUT2D eigenvalue weighted by Crippen LogP contribution is 2.40. The molecule has 122 valence electrons. The molecule has 1 aliphatic heterocycles. The number of urea groups is 1. The number of aromatic nitrogens is 1. The topological polar surface area (TPSA) is 45.2 Å². The van der Waals surface area contributed by atoms with Crippen molar-refractivity contribution in [2.45, 2.75) is 19.8 Å². The Hall–Kier alpha value is -1.30. The molecule has 1 aliphatic rings. The first-order valence-corrected chi connectivity index (χ1v) is 9.05. The second kappa shape index (κ2) is 7.07. The maximum absolute atomic E-state index is 12.5. The number of amides is 2. The number of likely N-dealkylation sites (tertiary alicyclic amines) is 1. The summed E-state index contributed by atoms with van der Waals surface area (Å²) in [5.41, 5.74) is 1.36. The lowest BCUT2D eigenvalue weighted by Crippen LogP contribution is -2.40. The number of benzene rings is 1. The van der Waals surface area contributed by atoms with Crippen molar-refractivity contribution in [3.8, 4) is 10.4 Å². The van der Waals surface area contributed by atoms with Crippen molar-refractivity contribution in [1.29, 1.82) is 0 Å². The van der Waals surface area contributed by atoms with Crippen LogP contribution in [0.25, 0.3) is 10.4 Å². The van der Waals surface area contributed by atoms with Crippen LogP contribution in [0.15, 0.2) is 24.3 Å². The van der Waals surface area contributed by atoms with E-state index in [2.05, 4.69) is 16.6 Å². The summed E-state index contributed by atoms with van der Waals surface area (Å²) in [4.78, 5) is 15.1. The van der Waals surface area contributed by atoms with Crippen molar-refractivity contribution in [3.63, 3.8) is 0 Å². The van der Waals surface area contributed by atoms with Gasteiger partial charge in [0.25, 0.3) is 0 Å². The molecule has 2 aromatic rings. The molecule has 3 rings (SSSR count). The Balaban J connectivity index is 1.82. The quantitative estimate of drug-likeness (QED) is 0.771. The Labute approximate surface area is 149 Å². The molecule has 2 amide bonds. The third kappa shape index (κ3) is 3.62. The Bertz CT molecular complexity index is 711. The Morgan fingerprint density at radius 2 is 2.00 bits per heavy atom. The predicted molar refractivity (Wildman–Crippen MR) is 96.6 cm³/mol. The lowest BCUT2D eigenvalue weighted by atomic mass is 10.00. The summed E-state index contributed by atoms with van der Waals surface area (Å²) in [5.74, 6) is 0.670. The molecule has 1 saturated heterocycles. The maximum atomic E-state index is 12.5. The van der Waals surface area contributed by atoms with Gasteiger partial charge in [-0.15, -0.1) is 0 Å². The summed E-state index contributed by atoms with van der Waals surface area (Å²) in [7, 11) is 0. The van der Waals surface area contributed by atoms with Crippen LogP contribution in [0.5, 0.6) is 0 Å². The molecule has 0 atom stereocenters. The molecule has 4 nitrogen and oxygen atoms in total. The number of hydrogen-bond donors (Lipinski definition) is 1. The smallest absolute Gasteiger partial charge is 0.321 e. The second-order valence-electron chi connectivity index (χ2n) is 5.76. The van der Waals surface area contributed by atoms with Crippen molar-refractivity contribution >= 4 is 46.5 Å². The van der Waals surface area contributed by atoms with Gasteiger partial charge >= 0.3 is 6.03 Å². The number of hydrogen-bond acceptors (Lipinski definition) is 3. The van der Waals surface area contributed by atoms with E-state index in [1.54, 1.807) is 0 Å². The summed E-state index contributed by atoms with van der Waals surface area (Å²) in [6.45, 7) is 3.75. The van der Waals surface area contributed by atoms with Crippen molar-refractivity contribution in [1.82, 2.24) is 9.27 Å². The molecule has 0 aliphatic carbocycles. The molecule has 0 bridgehead atoms. The zero-order chi connectivity index (χ0) is 16.4. The van der Waals surface area contributed by atoms with Crippen LogP contribution in [-0.2, 0) is 0 Å². The van der Waals surface area contributed by atoms with Crippen molar-refractivity contribution in [2.75, 3.05) is 18.4 Å². The molecule has 7 heteroatoms. The molecule has 1 aromatic heterocycles.